The molecule has 0 fully saturated rings. The number of halogens is 3. The molecule has 0 bridgehead atoms. The third-order valence-electron chi connectivity index (χ3n) is 0.929. The standard InChI is InChI=1S/C4H6F3NO2S/c1-3-8(2)11(9,10)4(5,6)7/h3H,1H2,2H3. The Kier molecular flexibility index (Phi) is 2.55. The lowest BCUT2D eigenvalue weighted by Crippen LogP contribution is -2.34. The van der Waals surface area contributed by atoms with Gasteiger partial charge in [0.1, 0.15) is 0 Å². The highest BCUT2D eigenvalue weighted by molar-refractivity contribution is 7.90. The zero-order valence-corrected chi connectivity index (χ0v) is 6.41. The zero-order valence-electron chi connectivity index (χ0n) is 5.59. The maximum atomic E-state index is 11.6. The normalized spacial score (nSPS) is 12.7. The van der Waals surface area contributed by atoms with Crippen LogP contribution in [-0.4, -0.2) is 25.3 Å². The summed E-state index contributed by atoms with van der Waals surface area (Å²) in [6, 6.07) is 0. The van der Waals surface area contributed by atoms with Crippen molar-refractivity contribution in [2.75, 3.05) is 7.05 Å². The van der Waals surface area contributed by atoms with Crippen LogP contribution in [0.2, 0.25) is 0 Å². The smallest absolute Gasteiger partial charge is 0.273 e. The second-order valence-corrected chi connectivity index (χ2v) is 3.64. The molecule has 0 unspecified atom stereocenters. The lowest BCUT2D eigenvalue weighted by atomic mass is 11.0. The summed E-state index contributed by atoms with van der Waals surface area (Å²) < 4.78 is 55.4. The van der Waals surface area contributed by atoms with Crippen molar-refractivity contribution in [1.82, 2.24) is 4.31 Å². The average Bonchev–Trinajstić information content (AvgIpc) is 1.83. The highest BCUT2D eigenvalue weighted by Gasteiger charge is 2.47. The Balaban J connectivity index is 4.91. The summed E-state index contributed by atoms with van der Waals surface area (Å²) in [5.41, 5.74) is -5.25. The molecule has 0 heterocycles. The second-order valence-electron chi connectivity index (χ2n) is 1.65. The Morgan fingerprint density at radius 1 is 1.45 bits per heavy atom. The van der Waals surface area contributed by atoms with E-state index < -0.39 is 15.5 Å². The molecular formula is C4H6F3NO2S. The molecule has 0 aromatic heterocycles. The predicted octanol–water partition coefficient (Wildman–Crippen LogP) is 0.911. The summed E-state index contributed by atoms with van der Waals surface area (Å²) >= 11 is 0. The highest BCUT2D eigenvalue weighted by atomic mass is 32.2. The van der Waals surface area contributed by atoms with Crippen molar-refractivity contribution in [3.8, 4) is 0 Å². The van der Waals surface area contributed by atoms with Crippen LogP contribution in [0.4, 0.5) is 13.2 Å². The molecule has 0 spiro atoms. The van der Waals surface area contributed by atoms with Crippen molar-refractivity contribution in [3.63, 3.8) is 0 Å². The van der Waals surface area contributed by atoms with Crippen LogP contribution >= 0.6 is 0 Å². The summed E-state index contributed by atoms with van der Waals surface area (Å²) in [5.74, 6) is 0. The quantitative estimate of drug-likeness (QED) is 0.647. The van der Waals surface area contributed by atoms with Crippen LogP contribution in [0.3, 0.4) is 0 Å². The molecule has 0 amide bonds. The van der Waals surface area contributed by atoms with Crippen molar-refractivity contribution in [1.29, 1.82) is 0 Å². The van der Waals surface area contributed by atoms with E-state index in [4.69, 9.17) is 0 Å². The fourth-order valence-electron chi connectivity index (χ4n) is 0.261. The van der Waals surface area contributed by atoms with Gasteiger partial charge in [-0.1, -0.05) is 6.58 Å². The molecule has 0 aliphatic heterocycles. The van der Waals surface area contributed by atoms with Gasteiger partial charge in [-0.3, -0.25) is 4.31 Å². The molecule has 11 heavy (non-hydrogen) atoms. The molecule has 0 rings (SSSR count). The van der Waals surface area contributed by atoms with Crippen LogP contribution in [0.15, 0.2) is 12.8 Å². The van der Waals surface area contributed by atoms with Gasteiger partial charge in [0.25, 0.3) is 0 Å². The number of hydrogen-bond acceptors (Lipinski definition) is 2. The van der Waals surface area contributed by atoms with Crippen LogP contribution in [0.25, 0.3) is 0 Å². The van der Waals surface area contributed by atoms with E-state index in [0.29, 0.717) is 6.20 Å². The van der Waals surface area contributed by atoms with Crippen LogP contribution in [0.1, 0.15) is 0 Å². The van der Waals surface area contributed by atoms with Gasteiger partial charge in [0.05, 0.1) is 0 Å². The summed E-state index contributed by atoms with van der Waals surface area (Å²) in [6.45, 7) is 2.89. The molecule has 0 saturated heterocycles. The molecule has 0 aromatic carbocycles. The van der Waals surface area contributed by atoms with E-state index in [-0.39, 0.29) is 4.31 Å². The first-order valence-corrected chi connectivity index (χ1v) is 3.84. The van der Waals surface area contributed by atoms with Gasteiger partial charge in [-0.25, -0.2) is 0 Å². The fraction of sp³-hybridized carbons (Fsp3) is 0.500. The minimum absolute atomic E-state index is 0.00694. The number of rotatable bonds is 2. The van der Waals surface area contributed by atoms with Crippen LogP contribution in [0.5, 0.6) is 0 Å². The Bertz CT molecular complexity index is 243. The van der Waals surface area contributed by atoms with Gasteiger partial charge in [-0.05, 0) is 0 Å². The van der Waals surface area contributed by atoms with Crippen LogP contribution < -0.4 is 0 Å². The molecule has 7 heteroatoms. The van der Waals surface area contributed by atoms with Gasteiger partial charge < -0.3 is 0 Å². The van der Waals surface area contributed by atoms with Gasteiger partial charge in [0, 0.05) is 13.2 Å². The van der Waals surface area contributed by atoms with Crippen LogP contribution in [-0.2, 0) is 10.0 Å². The predicted molar refractivity (Wildman–Crippen MR) is 32.9 cm³/mol. The lowest BCUT2D eigenvalue weighted by Gasteiger charge is -2.15. The summed E-state index contributed by atoms with van der Waals surface area (Å²) in [4.78, 5) is 0. The van der Waals surface area contributed by atoms with Crippen molar-refractivity contribution < 1.29 is 21.6 Å². The molecule has 0 saturated carbocycles. The zero-order chi connectivity index (χ0) is 9.28. The third kappa shape index (κ3) is 1.86. The van der Waals surface area contributed by atoms with Crippen molar-refractivity contribution in [3.05, 3.63) is 12.8 Å². The summed E-state index contributed by atoms with van der Waals surface area (Å²) in [7, 11) is -4.45. The molecule has 0 aromatic rings. The fourth-order valence-corrected chi connectivity index (χ4v) is 0.784. The maximum Gasteiger partial charge on any atom is 0.516 e. The first-order chi connectivity index (χ1) is 4.73. The first-order valence-electron chi connectivity index (χ1n) is 2.40. The molecule has 0 radical (unpaired) electrons. The molecule has 66 valence electrons. The molecule has 0 aliphatic rings. The molecular weight excluding hydrogens is 183 g/mol. The second kappa shape index (κ2) is 2.72. The van der Waals surface area contributed by atoms with Gasteiger partial charge in [0.2, 0.25) is 0 Å². The minimum Gasteiger partial charge on any atom is -0.273 e. The van der Waals surface area contributed by atoms with Gasteiger partial charge >= 0.3 is 15.5 Å². The Morgan fingerprint density at radius 3 is 1.91 bits per heavy atom. The maximum absolute atomic E-state index is 11.6. The molecule has 0 atom stereocenters. The van der Waals surface area contributed by atoms with Crippen molar-refractivity contribution >= 4 is 10.0 Å². The summed E-state index contributed by atoms with van der Waals surface area (Å²) in [5, 5.41) is 0. The topological polar surface area (TPSA) is 37.4 Å². The van der Waals surface area contributed by atoms with E-state index in [2.05, 4.69) is 6.58 Å². The monoisotopic (exact) mass is 189 g/mol. The highest BCUT2D eigenvalue weighted by Crippen LogP contribution is 2.25. The largest absolute Gasteiger partial charge is 0.516 e. The van der Waals surface area contributed by atoms with E-state index in [1.165, 1.54) is 0 Å². The van der Waals surface area contributed by atoms with E-state index in [1.54, 1.807) is 0 Å². The van der Waals surface area contributed by atoms with Crippen LogP contribution in [0, 0.1) is 0 Å². The average molecular weight is 189 g/mol. The number of alkyl halides is 3. The Labute approximate surface area is 62.2 Å². The van der Waals surface area contributed by atoms with Crippen molar-refractivity contribution in [2.45, 2.75) is 5.51 Å². The minimum atomic E-state index is -5.25. The van der Waals surface area contributed by atoms with E-state index in [0.717, 1.165) is 7.05 Å². The number of sulfonamides is 1. The lowest BCUT2D eigenvalue weighted by molar-refractivity contribution is -0.0472. The Morgan fingerprint density at radius 2 is 1.82 bits per heavy atom. The van der Waals surface area contributed by atoms with Gasteiger partial charge in [-0.15, -0.1) is 0 Å². The Hall–Kier alpha value is -0.720. The van der Waals surface area contributed by atoms with E-state index >= 15 is 0 Å². The SMILES string of the molecule is C=CN(C)S(=O)(=O)C(F)(F)F. The third-order valence-corrected chi connectivity index (χ3v) is 2.42. The number of nitrogens with zero attached hydrogens (tertiary/aromatic N) is 1. The van der Waals surface area contributed by atoms with E-state index in [1.807, 2.05) is 0 Å². The summed E-state index contributed by atoms with van der Waals surface area (Å²) in [6.07, 6.45) is 0.572. The molecule has 0 aliphatic carbocycles. The van der Waals surface area contributed by atoms with E-state index in [9.17, 15) is 21.6 Å². The number of hydrogen-bond donors (Lipinski definition) is 0. The van der Waals surface area contributed by atoms with Crippen molar-refractivity contribution in [2.24, 2.45) is 0 Å². The van der Waals surface area contributed by atoms with Gasteiger partial charge in [-0.2, -0.15) is 21.6 Å². The van der Waals surface area contributed by atoms with Gasteiger partial charge in [0.15, 0.2) is 0 Å². The molecule has 0 N–H and O–H groups in total. The first kappa shape index (κ1) is 10.3. The molecule has 3 nitrogen and oxygen atoms in total.